The lowest BCUT2D eigenvalue weighted by Crippen LogP contribution is -2.09. The van der Waals surface area contributed by atoms with Gasteiger partial charge in [0.1, 0.15) is 12.2 Å². The molecule has 0 aliphatic heterocycles. The summed E-state index contributed by atoms with van der Waals surface area (Å²) < 4.78 is 15.5. The molecule has 0 bridgehead atoms. The van der Waals surface area contributed by atoms with Crippen LogP contribution >= 0.6 is 0 Å². The Hall–Kier alpha value is -1.97. The molecule has 0 amide bonds. The molecule has 17 heavy (non-hydrogen) atoms. The van der Waals surface area contributed by atoms with Gasteiger partial charge in [-0.15, -0.1) is 0 Å². The standard InChI is InChI=1S/C13H16O4/c1-4-9-17-12-10(13(14)16-5-2)7-6-8-11(12)15-3/h4,6-8H,1,5,9H2,2-3H3. The van der Waals surface area contributed by atoms with Crippen molar-refractivity contribution in [2.45, 2.75) is 6.92 Å². The van der Waals surface area contributed by atoms with Crippen molar-refractivity contribution in [3.8, 4) is 11.5 Å². The highest BCUT2D eigenvalue weighted by Crippen LogP contribution is 2.31. The maximum absolute atomic E-state index is 11.7. The van der Waals surface area contributed by atoms with Gasteiger partial charge in [0.25, 0.3) is 0 Å². The molecule has 4 heteroatoms. The third-order valence-electron chi connectivity index (χ3n) is 2.04. The van der Waals surface area contributed by atoms with Crippen LogP contribution in [0.15, 0.2) is 30.9 Å². The average molecular weight is 236 g/mol. The van der Waals surface area contributed by atoms with Gasteiger partial charge < -0.3 is 14.2 Å². The van der Waals surface area contributed by atoms with E-state index in [0.717, 1.165) is 0 Å². The number of ether oxygens (including phenoxy) is 3. The molecule has 92 valence electrons. The normalized spacial score (nSPS) is 9.53. The Morgan fingerprint density at radius 3 is 2.82 bits per heavy atom. The fraction of sp³-hybridized carbons (Fsp3) is 0.308. The molecule has 0 fully saturated rings. The molecule has 0 aromatic heterocycles. The van der Waals surface area contributed by atoms with Gasteiger partial charge >= 0.3 is 5.97 Å². The summed E-state index contributed by atoms with van der Waals surface area (Å²) in [4.78, 5) is 11.7. The topological polar surface area (TPSA) is 44.8 Å². The average Bonchev–Trinajstić information content (AvgIpc) is 2.36. The molecular weight excluding hydrogens is 220 g/mol. The highest BCUT2D eigenvalue weighted by Gasteiger charge is 2.17. The number of para-hydroxylation sites is 1. The van der Waals surface area contributed by atoms with Gasteiger partial charge in [-0.05, 0) is 19.1 Å². The summed E-state index contributed by atoms with van der Waals surface area (Å²) in [5, 5.41) is 0. The van der Waals surface area contributed by atoms with Crippen LogP contribution in [0, 0.1) is 0 Å². The zero-order valence-electron chi connectivity index (χ0n) is 10.1. The van der Waals surface area contributed by atoms with E-state index in [2.05, 4.69) is 6.58 Å². The summed E-state index contributed by atoms with van der Waals surface area (Å²) in [7, 11) is 1.52. The molecule has 0 aliphatic carbocycles. The first-order chi connectivity index (χ1) is 8.24. The maximum atomic E-state index is 11.7. The third-order valence-corrected chi connectivity index (χ3v) is 2.04. The lowest BCUT2D eigenvalue weighted by molar-refractivity contribution is 0.0521. The van der Waals surface area contributed by atoms with Gasteiger partial charge in [0.05, 0.1) is 13.7 Å². The van der Waals surface area contributed by atoms with E-state index in [4.69, 9.17) is 14.2 Å². The van der Waals surface area contributed by atoms with Crippen LogP contribution < -0.4 is 9.47 Å². The van der Waals surface area contributed by atoms with Crippen LogP contribution in [0.2, 0.25) is 0 Å². The van der Waals surface area contributed by atoms with E-state index >= 15 is 0 Å². The Labute approximate surface area is 101 Å². The fourth-order valence-electron chi connectivity index (χ4n) is 1.34. The zero-order valence-corrected chi connectivity index (χ0v) is 10.1. The summed E-state index contributed by atoms with van der Waals surface area (Å²) in [6.45, 7) is 5.93. The second-order valence-electron chi connectivity index (χ2n) is 3.16. The lowest BCUT2D eigenvalue weighted by atomic mass is 10.2. The number of carbonyl (C=O) groups is 1. The molecular formula is C13H16O4. The van der Waals surface area contributed by atoms with Gasteiger partial charge in [0.2, 0.25) is 0 Å². The van der Waals surface area contributed by atoms with Crippen LogP contribution in [0.3, 0.4) is 0 Å². The second-order valence-corrected chi connectivity index (χ2v) is 3.16. The van der Waals surface area contributed by atoms with E-state index in [1.54, 1.807) is 31.2 Å². The molecule has 1 aromatic carbocycles. The predicted molar refractivity (Wildman–Crippen MR) is 64.6 cm³/mol. The van der Waals surface area contributed by atoms with Crippen LogP contribution in [0.1, 0.15) is 17.3 Å². The highest BCUT2D eigenvalue weighted by molar-refractivity contribution is 5.93. The minimum absolute atomic E-state index is 0.298. The van der Waals surface area contributed by atoms with Crippen molar-refractivity contribution in [3.63, 3.8) is 0 Å². The van der Waals surface area contributed by atoms with Gasteiger partial charge in [0.15, 0.2) is 11.5 Å². The van der Waals surface area contributed by atoms with Gasteiger partial charge in [-0.3, -0.25) is 0 Å². The predicted octanol–water partition coefficient (Wildman–Crippen LogP) is 2.44. The minimum Gasteiger partial charge on any atom is -0.493 e. The van der Waals surface area contributed by atoms with Crippen molar-refractivity contribution < 1.29 is 19.0 Å². The molecule has 0 unspecified atom stereocenters. The van der Waals surface area contributed by atoms with Crippen molar-refractivity contribution in [1.82, 2.24) is 0 Å². The van der Waals surface area contributed by atoms with Gasteiger partial charge in [0, 0.05) is 0 Å². The highest BCUT2D eigenvalue weighted by atomic mass is 16.5. The molecule has 1 rings (SSSR count). The van der Waals surface area contributed by atoms with Crippen LogP contribution in [-0.4, -0.2) is 26.3 Å². The van der Waals surface area contributed by atoms with Crippen LogP contribution in [0.5, 0.6) is 11.5 Å². The Morgan fingerprint density at radius 2 is 2.24 bits per heavy atom. The Morgan fingerprint density at radius 1 is 1.47 bits per heavy atom. The quantitative estimate of drug-likeness (QED) is 0.562. The summed E-state index contributed by atoms with van der Waals surface area (Å²) in [5.41, 5.74) is 0.355. The van der Waals surface area contributed by atoms with Crippen LogP contribution in [0.25, 0.3) is 0 Å². The fourth-order valence-corrected chi connectivity index (χ4v) is 1.34. The van der Waals surface area contributed by atoms with Gasteiger partial charge in [-0.1, -0.05) is 18.7 Å². The van der Waals surface area contributed by atoms with Gasteiger partial charge in [-0.25, -0.2) is 4.79 Å². The molecule has 4 nitrogen and oxygen atoms in total. The number of hydrogen-bond donors (Lipinski definition) is 0. The molecule has 0 spiro atoms. The van der Waals surface area contributed by atoms with Crippen molar-refractivity contribution >= 4 is 5.97 Å². The maximum Gasteiger partial charge on any atom is 0.342 e. The van der Waals surface area contributed by atoms with E-state index in [1.807, 2.05) is 0 Å². The molecule has 0 aliphatic rings. The number of rotatable bonds is 6. The monoisotopic (exact) mass is 236 g/mol. The SMILES string of the molecule is C=CCOc1c(OC)cccc1C(=O)OCC. The summed E-state index contributed by atoms with van der Waals surface area (Å²) in [5.74, 6) is 0.455. The number of methoxy groups -OCH3 is 1. The molecule has 0 saturated heterocycles. The Balaban J connectivity index is 3.08. The summed E-state index contributed by atoms with van der Waals surface area (Å²) in [6.07, 6.45) is 1.60. The molecule has 0 saturated carbocycles. The minimum atomic E-state index is -0.425. The number of esters is 1. The van der Waals surface area contributed by atoms with E-state index in [-0.39, 0.29) is 0 Å². The van der Waals surface area contributed by atoms with Crippen LogP contribution in [-0.2, 0) is 4.74 Å². The molecule has 1 aromatic rings. The summed E-state index contributed by atoms with van der Waals surface area (Å²) in [6, 6.07) is 5.08. The molecule has 0 radical (unpaired) electrons. The van der Waals surface area contributed by atoms with Crippen molar-refractivity contribution in [1.29, 1.82) is 0 Å². The number of benzene rings is 1. The molecule has 0 N–H and O–H groups in total. The Kier molecular flexibility index (Phi) is 5.07. The first-order valence-electron chi connectivity index (χ1n) is 5.32. The van der Waals surface area contributed by atoms with Gasteiger partial charge in [-0.2, -0.15) is 0 Å². The van der Waals surface area contributed by atoms with Crippen molar-refractivity contribution in [3.05, 3.63) is 36.4 Å². The lowest BCUT2D eigenvalue weighted by Gasteiger charge is -2.13. The number of carbonyl (C=O) groups excluding carboxylic acids is 1. The van der Waals surface area contributed by atoms with Crippen molar-refractivity contribution in [2.24, 2.45) is 0 Å². The van der Waals surface area contributed by atoms with E-state index in [9.17, 15) is 4.79 Å². The van der Waals surface area contributed by atoms with E-state index < -0.39 is 5.97 Å². The second kappa shape index (κ2) is 6.58. The summed E-state index contributed by atoms with van der Waals surface area (Å²) >= 11 is 0. The smallest absolute Gasteiger partial charge is 0.342 e. The Bertz CT molecular complexity index is 398. The first-order valence-corrected chi connectivity index (χ1v) is 5.32. The van der Waals surface area contributed by atoms with Crippen LogP contribution in [0.4, 0.5) is 0 Å². The van der Waals surface area contributed by atoms with E-state index in [0.29, 0.717) is 30.3 Å². The largest absolute Gasteiger partial charge is 0.493 e. The zero-order chi connectivity index (χ0) is 12.7. The third kappa shape index (κ3) is 3.24. The first kappa shape index (κ1) is 13.1. The van der Waals surface area contributed by atoms with E-state index in [1.165, 1.54) is 7.11 Å². The molecule has 0 atom stereocenters. The molecule has 0 heterocycles. The number of hydrogen-bond acceptors (Lipinski definition) is 4. The van der Waals surface area contributed by atoms with Crippen molar-refractivity contribution in [2.75, 3.05) is 20.3 Å².